The van der Waals surface area contributed by atoms with Crippen LogP contribution in [0.3, 0.4) is 0 Å². The highest BCUT2D eigenvalue weighted by Gasteiger charge is 2.18. The summed E-state index contributed by atoms with van der Waals surface area (Å²) >= 11 is 8.34. The number of hydrogen-bond donors (Lipinski definition) is 1. The summed E-state index contributed by atoms with van der Waals surface area (Å²) in [6, 6.07) is 9.10. The SMILES string of the molecule is CCNC(c1ccc(Br)s1)c1ccc(Br)cc1F. The van der Waals surface area contributed by atoms with Crippen molar-refractivity contribution in [2.45, 2.75) is 13.0 Å². The zero-order chi connectivity index (χ0) is 13.1. The van der Waals surface area contributed by atoms with E-state index in [2.05, 4.69) is 37.2 Å². The Hall–Kier alpha value is -0.230. The minimum Gasteiger partial charge on any atom is -0.306 e. The first-order valence-corrected chi connectivity index (χ1v) is 7.95. The highest BCUT2D eigenvalue weighted by molar-refractivity contribution is 9.11. The Balaban J connectivity index is 2.41. The molecule has 1 aromatic carbocycles. The molecule has 2 rings (SSSR count). The second-order valence-corrected chi connectivity index (χ2v) is 7.21. The van der Waals surface area contributed by atoms with Crippen LogP contribution in [0, 0.1) is 5.82 Å². The molecule has 1 N–H and O–H groups in total. The molecule has 0 bridgehead atoms. The first kappa shape index (κ1) is 14.2. The van der Waals surface area contributed by atoms with Crippen molar-refractivity contribution in [3.8, 4) is 0 Å². The van der Waals surface area contributed by atoms with Crippen molar-refractivity contribution in [3.05, 3.63) is 54.8 Å². The molecule has 0 aliphatic rings. The molecule has 0 fully saturated rings. The van der Waals surface area contributed by atoms with E-state index in [4.69, 9.17) is 0 Å². The van der Waals surface area contributed by atoms with Gasteiger partial charge in [-0.15, -0.1) is 11.3 Å². The molecule has 5 heteroatoms. The van der Waals surface area contributed by atoms with Gasteiger partial charge in [-0.1, -0.05) is 28.9 Å². The Morgan fingerprint density at radius 3 is 2.61 bits per heavy atom. The highest BCUT2D eigenvalue weighted by Crippen LogP contribution is 2.33. The van der Waals surface area contributed by atoms with Crippen molar-refractivity contribution in [1.82, 2.24) is 5.32 Å². The molecule has 0 radical (unpaired) electrons. The van der Waals surface area contributed by atoms with Gasteiger partial charge in [-0.25, -0.2) is 4.39 Å². The smallest absolute Gasteiger partial charge is 0.129 e. The van der Waals surface area contributed by atoms with E-state index in [1.54, 1.807) is 11.3 Å². The van der Waals surface area contributed by atoms with Crippen molar-refractivity contribution in [1.29, 1.82) is 0 Å². The maximum absolute atomic E-state index is 14.0. The number of rotatable bonds is 4. The normalized spacial score (nSPS) is 12.7. The van der Waals surface area contributed by atoms with Gasteiger partial charge in [-0.3, -0.25) is 0 Å². The number of halogens is 3. The lowest BCUT2D eigenvalue weighted by Gasteiger charge is -2.17. The molecule has 1 atom stereocenters. The van der Waals surface area contributed by atoms with Crippen LogP contribution in [0.5, 0.6) is 0 Å². The lowest BCUT2D eigenvalue weighted by Crippen LogP contribution is -2.22. The molecule has 1 unspecified atom stereocenters. The van der Waals surface area contributed by atoms with Crippen LogP contribution in [0.4, 0.5) is 4.39 Å². The Kier molecular flexibility index (Phi) is 4.95. The zero-order valence-electron chi connectivity index (χ0n) is 9.71. The molecule has 1 nitrogen and oxygen atoms in total. The lowest BCUT2D eigenvalue weighted by molar-refractivity contribution is 0.562. The van der Waals surface area contributed by atoms with Gasteiger partial charge in [-0.2, -0.15) is 0 Å². The molecule has 96 valence electrons. The summed E-state index contributed by atoms with van der Waals surface area (Å²) in [4.78, 5) is 1.10. The van der Waals surface area contributed by atoms with E-state index in [1.807, 2.05) is 31.2 Å². The van der Waals surface area contributed by atoms with Gasteiger partial charge in [0.25, 0.3) is 0 Å². The van der Waals surface area contributed by atoms with E-state index in [0.717, 1.165) is 19.7 Å². The standard InChI is InChI=1S/C13H12Br2FNS/c1-2-17-13(11-5-6-12(15)18-11)9-4-3-8(14)7-10(9)16/h3-7,13,17H,2H2,1H3. The number of hydrogen-bond acceptors (Lipinski definition) is 2. The van der Waals surface area contributed by atoms with Crippen LogP contribution in [0.15, 0.2) is 38.6 Å². The van der Waals surface area contributed by atoms with Crippen LogP contribution in [-0.4, -0.2) is 6.54 Å². The van der Waals surface area contributed by atoms with E-state index in [9.17, 15) is 4.39 Å². The molecule has 2 aromatic rings. The molecule has 18 heavy (non-hydrogen) atoms. The summed E-state index contributed by atoms with van der Waals surface area (Å²) in [5, 5.41) is 3.32. The summed E-state index contributed by atoms with van der Waals surface area (Å²) in [5.41, 5.74) is 0.675. The van der Waals surface area contributed by atoms with Gasteiger partial charge in [-0.05, 0) is 46.7 Å². The fourth-order valence-electron chi connectivity index (χ4n) is 1.79. The average molecular weight is 393 g/mol. The molecular formula is C13H12Br2FNS. The third-order valence-electron chi connectivity index (χ3n) is 2.56. The van der Waals surface area contributed by atoms with Gasteiger partial charge >= 0.3 is 0 Å². The fourth-order valence-corrected chi connectivity index (χ4v) is 3.64. The summed E-state index contributed by atoms with van der Waals surface area (Å²) in [7, 11) is 0. The van der Waals surface area contributed by atoms with Crippen LogP contribution in [-0.2, 0) is 0 Å². The van der Waals surface area contributed by atoms with E-state index in [1.165, 1.54) is 6.07 Å². The molecular weight excluding hydrogens is 381 g/mol. The third kappa shape index (κ3) is 3.20. The Labute approximate surface area is 127 Å². The van der Waals surface area contributed by atoms with Crippen LogP contribution in [0.1, 0.15) is 23.4 Å². The van der Waals surface area contributed by atoms with Crippen LogP contribution in [0.25, 0.3) is 0 Å². The molecule has 0 spiro atoms. The highest BCUT2D eigenvalue weighted by atomic mass is 79.9. The van der Waals surface area contributed by atoms with Gasteiger partial charge in [0.15, 0.2) is 0 Å². The summed E-state index contributed by atoms with van der Waals surface area (Å²) < 4.78 is 15.8. The third-order valence-corrected chi connectivity index (χ3v) is 4.74. The summed E-state index contributed by atoms with van der Waals surface area (Å²) in [5.74, 6) is -0.195. The van der Waals surface area contributed by atoms with E-state index >= 15 is 0 Å². The minimum atomic E-state index is -0.195. The Morgan fingerprint density at radius 2 is 2.06 bits per heavy atom. The molecule has 0 amide bonds. The van der Waals surface area contributed by atoms with Gasteiger partial charge in [0, 0.05) is 14.9 Å². The van der Waals surface area contributed by atoms with Crippen LogP contribution >= 0.6 is 43.2 Å². The zero-order valence-corrected chi connectivity index (χ0v) is 13.7. The monoisotopic (exact) mass is 391 g/mol. The second kappa shape index (κ2) is 6.28. The van der Waals surface area contributed by atoms with E-state index < -0.39 is 0 Å². The average Bonchev–Trinajstić information content (AvgIpc) is 2.73. The van der Waals surface area contributed by atoms with Gasteiger partial charge in [0.1, 0.15) is 5.82 Å². The molecule has 0 saturated heterocycles. The molecule has 1 aromatic heterocycles. The fraction of sp³-hybridized carbons (Fsp3) is 0.231. The Bertz CT molecular complexity index is 542. The lowest BCUT2D eigenvalue weighted by atomic mass is 10.0. The van der Waals surface area contributed by atoms with Crippen molar-refractivity contribution in [2.24, 2.45) is 0 Å². The predicted octanol–water partition coefficient (Wildman–Crippen LogP) is 5.11. The molecule has 1 heterocycles. The van der Waals surface area contributed by atoms with E-state index in [0.29, 0.717) is 5.56 Å². The quantitative estimate of drug-likeness (QED) is 0.762. The Morgan fingerprint density at radius 1 is 1.28 bits per heavy atom. The number of thiophene rings is 1. The topological polar surface area (TPSA) is 12.0 Å². The number of benzene rings is 1. The van der Waals surface area contributed by atoms with E-state index in [-0.39, 0.29) is 11.9 Å². The maximum atomic E-state index is 14.0. The van der Waals surface area contributed by atoms with Crippen molar-refractivity contribution in [3.63, 3.8) is 0 Å². The minimum absolute atomic E-state index is 0.0978. The van der Waals surface area contributed by atoms with Gasteiger partial charge in [0.05, 0.1) is 9.83 Å². The van der Waals surface area contributed by atoms with Gasteiger partial charge < -0.3 is 5.32 Å². The van der Waals surface area contributed by atoms with Crippen LogP contribution < -0.4 is 5.32 Å². The molecule has 0 aliphatic heterocycles. The predicted molar refractivity (Wildman–Crippen MR) is 81.6 cm³/mol. The summed E-state index contributed by atoms with van der Waals surface area (Å²) in [6.45, 7) is 2.81. The first-order valence-electron chi connectivity index (χ1n) is 5.55. The maximum Gasteiger partial charge on any atom is 0.129 e. The van der Waals surface area contributed by atoms with Crippen LogP contribution in [0.2, 0.25) is 0 Å². The number of nitrogens with one attached hydrogen (secondary N) is 1. The van der Waals surface area contributed by atoms with Crippen molar-refractivity contribution < 1.29 is 4.39 Å². The van der Waals surface area contributed by atoms with Crippen molar-refractivity contribution >= 4 is 43.2 Å². The molecule has 0 aliphatic carbocycles. The summed E-state index contributed by atoms with van der Waals surface area (Å²) in [6.07, 6.45) is 0. The first-order chi connectivity index (χ1) is 8.61. The molecule has 0 saturated carbocycles. The second-order valence-electron chi connectivity index (χ2n) is 3.80. The van der Waals surface area contributed by atoms with Crippen molar-refractivity contribution in [2.75, 3.05) is 6.54 Å². The van der Waals surface area contributed by atoms with Gasteiger partial charge in [0.2, 0.25) is 0 Å². The largest absolute Gasteiger partial charge is 0.306 e.